The summed E-state index contributed by atoms with van der Waals surface area (Å²) in [6.45, 7) is 7.39. The van der Waals surface area contributed by atoms with E-state index in [0.29, 0.717) is 0 Å². The van der Waals surface area contributed by atoms with E-state index in [0.717, 1.165) is 23.8 Å². The molecule has 1 heterocycles. The molecule has 0 spiro atoms. The molecule has 0 saturated heterocycles. The van der Waals surface area contributed by atoms with Gasteiger partial charge in [0, 0.05) is 24.5 Å². The number of thiazole rings is 1. The summed E-state index contributed by atoms with van der Waals surface area (Å²) in [5.41, 5.74) is 0.859. The molecule has 0 unspecified atom stereocenters. The molecule has 1 amide bonds. The van der Waals surface area contributed by atoms with E-state index in [1.54, 1.807) is 28.4 Å². The predicted molar refractivity (Wildman–Crippen MR) is 63.8 cm³/mol. The number of carbonyl (C=O) groups excluding carboxylic acids is 1. The molecule has 1 aromatic heterocycles. The number of hydrogen-bond donors (Lipinski definition) is 0. The second-order valence-electron chi connectivity index (χ2n) is 3.14. The lowest BCUT2D eigenvalue weighted by atomic mass is 10.3. The van der Waals surface area contributed by atoms with Crippen molar-refractivity contribution in [2.75, 3.05) is 13.1 Å². The lowest BCUT2D eigenvalue weighted by Crippen LogP contribution is -2.28. The van der Waals surface area contributed by atoms with Crippen molar-refractivity contribution in [2.24, 2.45) is 0 Å². The highest BCUT2D eigenvalue weighted by atomic mass is 32.1. The van der Waals surface area contributed by atoms with Crippen molar-refractivity contribution in [3.8, 4) is 0 Å². The van der Waals surface area contributed by atoms with Gasteiger partial charge in [0.1, 0.15) is 0 Å². The molecule has 0 aromatic carbocycles. The second-order valence-corrected chi connectivity index (χ2v) is 4.20. The monoisotopic (exact) mass is 224 g/mol. The second kappa shape index (κ2) is 5.66. The molecule has 0 N–H and O–H groups in total. The van der Waals surface area contributed by atoms with Crippen LogP contribution >= 0.6 is 11.3 Å². The highest BCUT2D eigenvalue weighted by molar-refractivity contribution is 7.09. The quantitative estimate of drug-likeness (QED) is 0.735. The summed E-state index contributed by atoms with van der Waals surface area (Å²) in [5.74, 6) is 0.0469. The third-order valence-electron chi connectivity index (χ3n) is 2.11. The zero-order valence-corrected chi connectivity index (χ0v) is 10.2. The Kier molecular flexibility index (Phi) is 4.49. The first-order chi connectivity index (χ1) is 7.17. The number of nitrogens with zero attached hydrogens (tertiary/aromatic N) is 2. The van der Waals surface area contributed by atoms with Gasteiger partial charge in [0.2, 0.25) is 5.91 Å². The van der Waals surface area contributed by atoms with Crippen molar-refractivity contribution in [2.45, 2.75) is 20.8 Å². The van der Waals surface area contributed by atoms with Crippen LogP contribution in [0.4, 0.5) is 0 Å². The van der Waals surface area contributed by atoms with Gasteiger partial charge in [-0.15, -0.1) is 11.3 Å². The van der Waals surface area contributed by atoms with Gasteiger partial charge in [-0.3, -0.25) is 4.79 Å². The zero-order chi connectivity index (χ0) is 11.3. The SMILES string of the molecule is CCN(CC)C(=O)/C=C\c1csc(C)n1. The van der Waals surface area contributed by atoms with Crippen molar-refractivity contribution >= 4 is 23.3 Å². The fourth-order valence-corrected chi connectivity index (χ4v) is 1.83. The normalized spacial score (nSPS) is 10.9. The van der Waals surface area contributed by atoms with E-state index in [4.69, 9.17) is 0 Å². The molecule has 0 aliphatic carbocycles. The van der Waals surface area contributed by atoms with Crippen LogP contribution in [0.1, 0.15) is 24.5 Å². The van der Waals surface area contributed by atoms with Crippen molar-refractivity contribution in [3.63, 3.8) is 0 Å². The number of amides is 1. The summed E-state index contributed by atoms with van der Waals surface area (Å²) < 4.78 is 0. The molecule has 0 atom stereocenters. The van der Waals surface area contributed by atoms with Gasteiger partial charge in [-0.05, 0) is 26.8 Å². The van der Waals surface area contributed by atoms with Gasteiger partial charge in [-0.2, -0.15) is 0 Å². The van der Waals surface area contributed by atoms with Gasteiger partial charge in [-0.25, -0.2) is 4.98 Å². The molecule has 0 radical (unpaired) electrons. The molecule has 1 rings (SSSR count). The molecular weight excluding hydrogens is 208 g/mol. The molecule has 1 aromatic rings. The summed E-state index contributed by atoms with van der Waals surface area (Å²) in [7, 11) is 0. The van der Waals surface area contributed by atoms with Crippen LogP contribution in [0, 0.1) is 6.92 Å². The van der Waals surface area contributed by atoms with E-state index in [9.17, 15) is 4.79 Å². The van der Waals surface area contributed by atoms with E-state index >= 15 is 0 Å². The number of likely N-dealkylation sites (N-methyl/N-ethyl adjacent to an activating group) is 1. The lowest BCUT2D eigenvalue weighted by molar-refractivity contribution is -0.125. The average molecular weight is 224 g/mol. The number of hydrogen-bond acceptors (Lipinski definition) is 3. The van der Waals surface area contributed by atoms with Crippen LogP contribution in [0.5, 0.6) is 0 Å². The Morgan fingerprint density at radius 2 is 2.20 bits per heavy atom. The Hall–Kier alpha value is -1.16. The van der Waals surface area contributed by atoms with Crippen molar-refractivity contribution in [3.05, 3.63) is 22.2 Å². The van der Waals surface area contributed by atoms with Gasteiger partial charge >= 0.3 is 0 Å². The Bertz CT molecular complexity index is 353. The summed E-state index contributed by atoms with van der Waals surface area (Å²) >= 11 is 1.59. The van der Waals surface area contributed by atoms with Crippen LogP contribution in [0.2, 0.25) is 0 Å². The van der Waals surface area contributed by atoms with Gasteiger partial charge < -0.3 is 4.90 Å². The van der Waals surface area contributed by atoms with Gasteiger partial charge in [0.25, 0.3) is 0 Å². The largest absolute Gasteiger partial charge is 0.340 e. The van der Waals surface area contributed by atoms with Crippen molar-refractivity contribution < 1.29 is 4.79 Å². The third-order valence-corrected chi connectivity index (χ3v) is 2.90. The minimum absolute atomic E-state index is 0.0469. The van der Waals surface area contributed by atoms with Gasteiger partial charge in [0.05, 0.1) is 10.7 Å². The van der Waals surface area contributed by atoms with E-state index in [2.05, 4.69) is 4.98 Å². The van der Waals surface area contributed by atoms with Crippen LogP contribution in [0.15, 0.2) is 11.5 Å². The van der Waals surface area contributed by atoms with E-state index in [1.165, 1.54) is 0 Å². The van der Waals surface area contributed by atoms with Crippen LogP contribution in [-0.4, -0.2) is 28.9 Å². The molecule has 4 heteroatoms. The molecule has 0 fully saturated rings. The maximum atomic E-state index is 11.6. The number of rotatable bonds is 4. The number of aromatic nitrogens is 1. The minimum Gasteiger partial charge on any atom is -0.340 e. The van der Waals surface area contributed by atoms with Gasteiger partial charge in [0.15, 0.2) is 0 Å². The van der Waals surface area contributed by atoms with Crippen LogP contribution in [0.3, 0.4) is 0 Å². The standard InChI is InChI=1S/C11H16N2OS/c1-4-13(5-2)11(14)7-6-10-8-15-9(3)12-10/h6-8H,4-5H2,1-3H3/b7-6-. The average Bonchev–Trinajstić information content (AvgIpc) is 2.63. The van der Waals surface area contributed by atoms with Crippen molar-refractivity contribution in [1.29, 1.82) is 0 Å². The fourth-order valence-electron chi connectivity index (χ4n) is 1.25. The van der Waals surface area contributed by atoms with Crippen LogP contribution in [0.25, 0.3) is 6.08 Å². The number of carbonyl (C=O) groups is 1. The van der Waals surface area contributed by atoms with E-state index < -0.39 is 0 Å². The summed E-state index contributed by atoms with van der Waals surface area (Å²) in [5, 5.41) is 2.96. The lowest BCUT2D eigenvalue weighted by Gasteiger charge is -2.15. The maximum Gasteiger partial charge on any atom is 0.246 e. The zero-order valence-electron chi connectivity index (χ0n) is 9.36. The molecule has 0 aliphatic heterocycles. The van der Waals surface area contributed by atoms with Gasteiger partial charge in [-0.1, -0.05) is 0 Å². The van der Waals surface area contributed by atoms with Crippen LogP contribution < -0.4 is 0 Å². The maximum absolute atomic E-state index is 11.6. The molecular formula is C11H16N2OS. The molecule has 3 nitrogen and oxygen atoms in total. The molecule has 0 saturated carbocycles. The Balaban J connectivity index is 2.61. The first kappa shape index (κ1) is 11.9. The van der Waals surface area contributed by atoms with Crippen LogP contribution in [-0.2, 0) is 4.79 Å². The minimum atomic E-state index is 0.0469. The number of aryl methyl sites for hydroxylation is 1. The Morgan fingerprint density at radius 3 is 2.67 bits per heavy atom. The molecule has 0 bridgehead atoms. The predicted octanol–water partition coefficient (Wildman–Crippen LogP) is 2.33. The Labute approximate surface area is 94.4 Å². The van der Waals surface area contributed by atoms with Crippen molar-refractivity contribution in [1.82, 2.24) is 9.88 Å². The third kappa shape index (κ3) is 3.47. The van der Waals surface area contributed by atoms with E-state index in [1.807, 2.05) is 26.2 Å². The highest BCUT2D eigenvalue weighted by Gasteiger charge is 2.04. The Morgan fingerprint density at radius 1 is 1.53 bits per heavy atom. The molecule has 0 aliphatic rings. The molecule has 15 heavy (non-hydrogen) atoms. The first-order valence-corrected chi connectivity index (χ1v) is 5.94. The topological polar surface area (TPSA) is 33.2 Å². The first-order valence-electron chi connectivity index (χ1n) is 5.06. The smallest absolute Gasteiger partial charge is 0.246 e. The summed E-state index contributed by atoms with van der Waals surface area (Å²) in [6, 6.07) is 0. The molecule has 82 valence electrons. The highest BCUT2D eigenvalue weighted by Crippen LogP contribution is 2.09. The summed E-state index contributed by atoms with van der Waals surface area (Å²) in [4.78, 5) is 17.6. The fraction of sp³-hybridized carbons (Fsp3) is 0.455. The van der Waals surface area contributed by atoms with E-state index in [-0.39, 0.29) is 5.91 Å². The summed E-state index contributed by atoms with van der Waals surface area (Å²) in [6.07, 6.45) is 3.35.